The summed E-state index contributed by atoms with van der Waals surface area (Å²) in [5, 5.41) is 0.202. The van der Waals surface area contributed by atoms with Gasteiger partial charge >= 0.3 is 0 Å². The van der Waals surface area contributed by atoms with Gasteiger partial charge in [-0.2, -0.15) is 4.31 Å². The number of likely N-dealkylation sites (N-methyl/N-ethyl adjacent to an activating group) is 1. The number of ether oxygens (including phenoxy) is 1. The second-order valence-electron chi connectivity index (χ2n) is 3.60. The minimum absolute atomic E-state index is 0.103. The third-order valence-electron chi connectivity index (χ3n) is 2.34. The molecule has 0 aliphatic carbocycles. The predicted molar refractivity (Wildman–Crippen MR) is 75.5 cm³/mol. The lowest BCUT2D eigenvalue weighted by Crippen LogP contribution is -2.30. The quantitative estimate of drug-likeness (QED) is 0.736. The Morgan fingerprint density at radius 1 is 1.44 bits per heavy atom. The molecule has 1 rings (SSSR count). The molecular formula is C11H15BrClNO3S. The van der Waals surface area contributed by atoms with E-state index in [4.69, 9.17) is 16.3 Å². The van der Waals surface area contributed by atoms with Crippen LogP contribution in [0.5, 0.6) is 0 Å². The molecule has 0 atom stereocenters. The molecule has 0 bridgehead atoms. The number of nitrogens with zero attached hydrogens (tertiary/aromatic N) is 1. The summed E-state index contributed by atoms with van der Waals surface area (Å²) in [4.78, 5) is 0.103. The minimum Gasteiger partial charge on any atom is -0.380 e. The Balaban J connectivity index is 2.91. The molecule has 0 aliphatic rings. The molecule has 0 radical (unpaired) electrons. The van der Waals surface area contributed by atoms with Gasteiger partial charge in [0.1, 0.15) is 4.90 Å². The van der Waals surface area contributed by atoms with Crippen LogP contribution >= 0.6 is 27.5 Å². The molecule has 102 valence electrons. The van der Waals surface area contributed by atoms with Crippen LogP contribution in [0.1, 0.15) is 6.92 Å². The molecule has 1 aromatic carbocycles. The van der Waals surface area contributed by atoms with E-state index in [0.29, 0.717) is 19.8 Å². The first-order chi connectivity index (χ1) is 8.39. The normalized spacial score (nSPS) is 12.1. The topological polar surface area (TPSA) is 46.6 Å². The van der Waals surface area contributed by atoms with Crippen molar-refractivity contribution in [3.63, 3.8) is 0 Å². The van der Waals surface area contributed by atoms with Crippen molar-refractivity contribution in [3.8, 4) is 0 Å². The Labute approximate surface area is 121 Å². The average Bonchev–Trinajstić information content (AvgIpc) is 2.28. The fourth-order valence-electron chi connectivity index (χ4n) is 1.31. The highest BCUT2D eigenvalue weighted by molar-refractivity contribution is 9.10. The maximum atomic E-state index is 12.2. The molecule has 0 spiro atoms. The zero-order chi connectivity index (χ0) is 13.8. The summed E-state index contributed by atoms with van der Waals surface area (Å²) in [6.45, 7) is 3.08. The molecule has 4 nitrogen and oxygen atoms in total. The standard InChI is InChI=1S/C11H15BrClNO3S/c1-3-17-7-6-14(2)18(15,16)11-5-4-9(12)8-10(11)13/h4-5,8H,3,6-7H2,1-2H3. The molecule has 0 N–H and O–H groups in total. The van der Waals surface area contributed by atoms with Crippen LogP contribution in [0.15, 0.2) is 27.6 Å². The number of sulfonamides is 1. The van der Waals surface area contributed by atoms with Crippen LogP contribution in [0.4, 0.5) is 0 Å². The molecule has 0 amide bonds. The van der Waals surface area contributed by atoms with Gasteiger partial charge in [0.25, 0.3) is 0 Å². The van der Waals surface area contributed by atoms with Gasteiger partial charge in [-0.15, -0.1) is 0 Å². The van der Waals surface area contributed by atoms with Crippen molar-refractivity contribution < 1.29 is 13.2 Å². The molecule has 0 saturated carbocycles. The SMILES string of the molecule is CCOCCN(C)S(=O)(=O)c1ccc(Br)cc1Cl. The van der Waals surface area contributed by atoms with E-state index in [1.165, 1.54) is 17.4 Å². The molecule has 0 fully saturated rings. The first-order valence-electron chi connectivity index (χ1n) is 5.38. The van der Waals surface area contributed by atoms with E-state index in [-0.39, 0.29) is 9.92 Å². The van der Waals surface area contributed by atoms with Gasteiger partial charge in [0.05, 0.1) is 11.6 Å². The van der Waals surface area contributed by atoms with E-state index < -0.39 is 10.0 Å². The Morgan fingerprint density at radius 3 is 2.67 bits per heavy atom. The highest BCUT2D eigenvalue weighted by Crippen LogP contribution is 2.27. The van der Waals surface area contributed by atoms with Crippen molar-refractivity contribution in [1.82, 2.24) is 4.31 Å². The summed E-state index contributed by atoms with van der Waals surface area (Å²) in [6, 6.07) is 4.69. The van der Waals surface area contributed by atoms with Crippen LogP contribution < -0.4 is 0 Å². The van der Waals surface area contributed by atoms with E-state index in [9.17, 15) is 8.42 Å². The van der Waals surface area contributed by atoms with Gasteiger partial charge in [0.15, 0.2) is 0 Å². The molecule has 0 heterocycles. The molecule has 1 aromatic rings. The molecule has 7 heteroatoms. The highest BCUT2D eigenvalue weighted by Gasteiger charge is 2.23. The third-order valence-corrected chi connectivity index (χ3v) is 5.17. The fraction of sp³-hybridized carbons (Fsp3) is 0.455. The van der Waals surface area contributed by atoms with Crippen LogP contribution in [0.2, 0.25) is 5.02 Å². The van der Waals surface area contributed by atoms with Gasteiger partial charge < -0.3 is 4.74 Å². The van der Waals surface area contributed by atoms with E-state index >= 15 is 0 Å². The van der Waals surface area contributed by atoms with Gasteiger partial charge in [-0.25, -0.2) is 8.42 Å². The van der Waals surface area contributed by atoms with Gasteiger partial charge in [0, 0.05) is 24.7 Å². The minimum atomic E-state index is -3.57. The van der Waals surface area contributed by atoms with E-state index in [1.54, 1.807) is 12.1 Å². The highest BCUT2D eigenvalue weighted by atomic mass is 79.9. The monoisotopic (exact) mass is 355 g/mol. The van der Waals surface area contributed by atoms with Crippen molar-refractivity contribution >= 4 is 37.6 Å². The average molecular weight is 357 g/mol. The van der Waals surface area contributed by atoms with Crippen LogP contribution in [0.25, 0.3) is 0 Å². The molecule has 0 aromatic heterocycles. The lowest BCUT2D eigenvalue weighted by molar-refractivity contribution is 0.138. The Hall–Kier alpha value is -0.140. The third kappa shape index (κ3) is 3.93. The molecular weight excluding hydrogens is 342 g/mol. The fourth-order valence-corrected chi connectivity index (χ4v) is 3.47. The number of hydrogen-bond donors (Lipinski definition) is 0. The summed E-state index contributed by atoms with van der Waals surface area (Å²) < 4.78 is 31.6. The first-order valence-corrected chi connectivity index (χ1v) is 7.99. The molecule has 0 aliphatic heterocycles. The maximum absolute atomic E-state index is 12.2. The van der Waals surface area contributed by atoms with Crippen molar-refractivity contribution in [2.45, 2.75) is 11.8 Å². The lowest BCUT2D eigenvalue weighted by atomic mass is 10.4. The summed E-state index contributed by atoms with van der Waals surface area (Å²) >= 11 is 9.19. The van der Waals surface area contributed by atoms with Crippen LogP contribution in [-0.2, 0) is 14.8 Å². The number of hydrogen-bond acceptors (Lipinski definition) is 3. The largest absolute Gasteiger partial charge is 0.380 e. The Kier molecular flexibility index (Phi) is 6.07. The number of halogens is 2. The van der Waals surface area contributed by atoms with E-state index in [1.807, 2.05) is 6.92 Å². The van der Waals surface area contributed by atoms with Gasteiger partial charge in [-0.05, 0) is 25.1 Å². The van der Waals surface area contributed by atoms with E-state index in [2.05, 4.69) is 15.9 Å². The number of benzene rings is 1. The first kappa shape index (κ1) is 15.9. The van der Waals surface area contributed by atoms with Gasteiger partial charge in [-0.3, -0.25) is 0 Å². The summed E-state index contributed by atoms with van der Waals surface area (Å²) in [5.41, 5.74) is 0. The predicted octanol–water partition coefficient (Wildman–Crippen LogP) is 2.76. The lowest BCUT2D eigenvalue weighted by Gasteiger charge is -2.17. The second kappa shape index (κ2) is 6.86. The second-order valence-corrected chi connectivity index (χ2v) is 6.93. The Morgan fingerprint density at radius 2 is 2.11 bits per heavy atom. The smallest absolute Gasteiger partial charge is 0.244 e. The summed E-state index contributed by atoms with van der Waals surface area (Å²) in [7, 11) is -2.06. The Bertz CT molecular complexity index is 507. The molecule has 18 heavy (non-hydrogen) atoms. The van der Waals surface area contributed by atoms with Crippen molar-refractivity contribution in [2.75, 3.05) is 26.8 Å². The number of rotatable bonds is 6. The van der Waals surface area contributed by atoms with Gasteiger partial charge in [0.2, 0.25) is 10.0 Å². The summed E-state index contributed by atoms with van der Waals surface area (Å²) in [5.74, 6) is 0. The van der Waals surface area contributed by atoms with Crippen molar-refractivity contribution in [3.05, 3.63) is 27.7 Å². The maximum Gasteiger partial charge on any atom is 0.244 e. The van der Waals surface area contributed by atoms with Crippen LogP contribution in [-0.4, -0.2) is 39.5 Å². The summed E-state index contributed by atoms with van der Waals surface area (Å²) in [6.07, 6.45) is 0. The zero-order valence-corrected chi connectivity index (χ0v) is 13.3. The molecule has 0 unspecified atom stereocenters. The van der Waals surface area contributed by atoms with Crippen LogP contribution in [0, 0.1) is 0 Å². The molecule has 0 saturated heterocycles. The van der Waals surface area contributed by atoms with Crippen molar-refractivity contribution in [2.24, 2.45) is 0 Å². The van der Waals surface area contributed by atoms with E-state index in [0.717, 1.165) is 4.47 Å². The van der Waals surface area contributed by atoms with Crippen LogP contribution in [0.3, 0.4) is 0 Å². The zero-order valence-electron chi connectivity index (χ0n) is 10.2. The van der Waals surface area contributed by atoms with Gasteiger partial charge in [-0.1, -0.05) is 27.5 Å². The van der Waals surface area contributed by atoms with Crippen molar-refractivity contribution in [1.29, 1.82) is 0 Å².